The van der Waals surface area contributed by atoms with E-state index in [9.17, 15) is 0 Å². The fraction of sp³-hybridized carbons (Fsp3) is 0.714. The van der Waals surface area contributed by atoms with E-state index in [2.05, 4.69) is 35.8 Å². The fourth-order valence-corrected chi connectivity index (χ4v) is 2.97. The van der Waals surface area contributed by atoms with E-state index in [-0.39, 0.29) is 0 Å². The summed E-state index contributed by atoms with van der Waals surface area (Å²) in [5.74, 6) is 3.75. The summed E-state index contributed by atoms with van der Waals surface area (Å²) in [5, 5.41) is 0. The molecule has 1 saturated carbocycles. The number of hydrogen-bond acceptors (Lipinski definition) is 5. The van der Waals surface area contributed by atoms with Crippen LogP contribution in [0.3, 0.4) is 0 Å². The Bertz CT molecular complexity index is 469. The summed E-state index contributed by atoms with van der Waals surface area (Å²) >= 11 is 0. The van der Waals surface area contributed by atoms with Crippen LogP contribution in [-0.2, 0) is 0 Å². The molecule has 2 heterocycles. The second-order valence-corrected chi connectivity index (χ2v) is 6.20. The van der Waals surface area contributed by atoms with Crippen molar-refractivity contribution in [2.24, 2.45) is 5.92 Å². The predicted octanol–water partition coefficient (Wildman–Crippen LogP) is 1.32. The molecule has 1 aliphatic heterocycles. The summed E-state index contributed by atoms with van der Waals surface area (Å²) in [5.41, 5.74) is 5.93. The smallest absolute Gasteiger partial charge is 0.136 e. The minimum atomic E-state index is 0.548. The van der Waals surface area contributed by atoms with Crippen molar-refractivity contribution in [3.8, 4) is 0 Å². The first-order valence-electron chi connectivity index (χ1n) is 7.10. The first-order chi connectivity index (χ1) is 9.04. The summed E-state index contributed by atoms with van der Waals surface area (Å²) in [6.45, 7) is 4.37. The summed E-state index contributed by atoms with van der Waals surface area (Å²) in [6.07, 6.45) is 2.42. The van der Waals surface area contributed by atoms with E-state index < -0.39 is 0 Å². The zero-order chi connectivity index (χ0) is 13.6. The molecule has 3 rings (SSSR count). The zero-order valence-electron chi connectivity index (χ0n) is 12.0. The molecule has 0 radical (unpaired) electrons. The molecule has 2 N–H and O–H groups in total. The van der Waals surface area contributed by atoms with Gasteiger partial charge >= 0.3 is 0 Å². The van der Waals surface area contributed by atoms with Gasteiger partial charge in [0.05, 0.1) is 0 Å². The van der Waals surface area contributed by atoms with Crippen molar-refractivity contribution in [3.63, 3.8) is 0 Å². The van der Waals surface area contributed by atoms with Crippen LogP contribution in [0.1, 0.15) is 31.5 Å². The van der Waals surface area contributed by atoms with Gasteiger partial charge < -0.3 is 15.5 Å². The molecule has 1 aromatic heterocycles. The van der Waals surface area contributed by atoms with Gasteiger partial charge in [0, 0.05) is 31.1 Å². The average Bonchev–Trinajstić information content (AvgIpc) is 3.11. The zero-order valence-corrected chi connectivity index (χ0v) is 12.0. The number of rotatable bonds is 3. The number of hydrogen-bond donors (Lipinski definition) is 1. The van der Waals surface area contributed by atoms with Crippen molar-refractivity contribution >= 4 is 11.6 Å². The maximum atomic E-state index is 5.93. The number of anilines is 2. The highest BCUT2D eigenvalue weighted by Gasteiger charge is 2.33. The van der Waals surface area contributed by atoms with Gasteiger partial charge in [-0.05, 0) is 32.9 Å². The molecule has 19 heavy (non-hydrogen) atoms. The average molecular weight is 261 g/mol. The van der Waals surface area contributed by atoms with Crippen LogP contribution in [0.2, 0.25) is 0 Å². The van der Waals surface area contributed by atoms with Crippen LogP contribution >= 0.6 is 0 Å². The summed E-state index contributed by atoms with van der Waals surface area (Å²) in [4.78, 5) is 13.7. The van der Waals surface area contributed by atoms with E-state index in [4.69, 9.17) is 10.7 Å². The Morgan fingerprint density at radius 2 is 2.00 bits per heavy atom. The van der Waals surface area contributed by atoms with Gasteiger partial charge in [-0.1, -0.05) is 6.92 Å². The molecule has 1 aromatic rings. The van der Waals surface area contributed by atoms with Crippen LogP contribution in [0.4, 0.5) is 11.6 Å². The van der Waals surface area contributed by atoms with Gasteiger partial charge in [0.15, 0.2) is 0 Å². The number of nitrogens with two attached hydrogens (primary N) is 1. The van der Waals surface area contributed by atoms with Crippen molar-refractivity contribution in [1.29, 1.82) is 0 Å². The van der Waals surface area contributed by atoms with Gasteiger partial charge in [-0.15, -0.1) is 0 Å². The lowest BCUT2D eigenvalue weighted by Gasteiger charge is -2.22. The summed E-state index contributed by atoms with van der Waals surface area (Å²) in [6, 6.07) is 2.50. The highest BCUT2D eigenvalue weighted by Crippen LogP contribution is 2.39. The first kappa shape index (κ1) is 12.7. The van der Waals surface area contributed by atoms with E-state index in [1.165, 1.54) is 12.8 Å². The second-order valence-electron chi connectivity index (χ2n) is 6.20. The predicted molar refractivity (Wildman–Crippen MR) is 77.3 cm³/mol. The van der Waals surface area contributed by atoms with E-state index in [1.807, 2.05) is 6.07 Å². The third-order valence-electron chi connectivity index (χ3n) is 4.25. The third-order valence-corrected chi connectivity index (χ3v) is 4.25. The Labute approximate surface area is 114 Å². The molecule has 0 aromatic carbocycles. The van der Waals surface area contributed by atoms with Gasteiger partial charge in [-0.25, -0.2) is 9.97 Å². The Hall–Kier alpha value is -1.36. The highest BCUT2D eigenvalue weighted by atomic mass is 15.3. The van der Waals surface area contributed by atoms with Crippen LogP contribution in [-0.4, -0.2) is 48.1 Å². The minimum absolute atomic E-state index is 0.548. The van der Waals surface area contributed by atoms with Crippen molar-refractivity contribution in [2.75, 3.05) is 37.8 Å². The molecule has 5 nitrogen and oxygen atoms in total. The molecule has 5 heteroatoms. The lowest BCUT2D eigenvalue weighted by Crippen LogP contribution is -2.34. The molecule has 2 aliphatic rings. The van der Waals surface area contributed by atoms with Crippen LogP contribution in [0, 0.1) is 5.92 Å². The van der Waals surface area contributed by atoms with E-state index in [0.29, 0.717) is 23.7 Å². The van der Waals surface area contributed by atoms with Crippen LogP contribution in [0.15, 0.2) is 6.07 Å². The Morgan fingerprint density at radius 3 is 2.58 bits per heavy atom. The Kier molecular flexibility index (Phi) is 3.09. The van der Waals surface area contributed by atoms with E-state index in [1.54, 1.807) is 0 Å². The third kappa shape index (κ3) is 2.52. The molecule has 0 spiro atoms. The van der Waals surface area contributed by atoms with Crippen molar-refractivity contribution in [2.45, 2.75) is 31.7 Å². The molecule has 2 atom stereocenters. The Balaban J connectivity index is 1.82. The summed E-state index contributed by atoms with van der Waals surface area (Å²) in [7, 11) is 4.29. The lowest BCUT2D eigenvalue weighted by atomic mass is 10.1. The largest absolute Gasteiger partial charge is 0.384 e. The van der Waals surface area contributed by atoms with E-state index in [0.717, 1.165) is 24.7 Å². The number of nitrogen functional groups attached to an aromatic ring is 1. The van der Waals surface area contributed by atoms with Gasteiger partial charge in [-0.3, -0.25) is 0 Å². The van der Waals surface area contributed by atoms with Crippen LogP contribution < -0.4 is 10.6 Å². The van der Waals surface area contributed by atoms with Crippen molar-refractivity contribution in [3.05, 3.63) is 11.9 Å². The summed E-state index contributed by atoms with van der Waals surface area (Å²) < 4.78 is 0. The fourth-order valence-electron chi connectivity index (χ4n) is 2.97. The quantitative estimate of drug-likeness (QED) is 0.889. The first-order valence-corrected chi connectivity index (χ1v) is 7.10. The van der Waals surface area contributed by atoms with E-state index >= 15 is 0 Å². The number of likely N-dealkylation sites (N-methyl/N-ethyl adjacent to an activating group) is 1. The minimum Gasteiger partial charge on any atom is -0.384 e. The molecular formula is C14H23N5. The number of nitrogens with zero attached hydrogens (tertiary/aromatic N) is 4. The monoisotopic (exact) mass is 261 g/mol. The molecule has 104 valence electrons. The SMILES string of the molecule is CC1CN(c2cc(N)nc(C3CC3)n2)CC1N(C)C. The molecule has 1 aliphatic carbocycles. The highest BCUT2D eigenvalue weighted by molar-refractivity contribution is 5.48. The number of aromatic nitrogens is 2. The molecular weight excluding hydrogens is 238 g/mol. The second kappa shape index (κ2) is 4.63. The molecule has 0 bridgehead atoms. The maximum Gasteiger partial charge on any atom is 0.136 e. The molecule has 2 unspecified atom stereocenters. The van der Waals surface area contributed by atoms with Crippen molar-refractivity contribution < 1.29 is 0 Å². The Morgan fingerprint density at radius 1 is 1.26 bits per heavy atom. The van der Waals surface area contributed by atoms with Crippen LogP contribution in [0.25, 0.3) is 0 Å². The van der Waals surface area contributed by atoms with Crippen LogP contribution in [0.5, 0.6) is 0 Å². The lowest BCUT2D eigenvalue weighted by molar-refractivity contribution is 0.266. The van der Waals surface area contributed by atoms with Gasteiger partial charge in [0.2, 0.25) is 0 Å². The van der Waals surface area contributed by atoms with Gasteiger partial charge in [-0.2, -0.15) is 0 Å². The van der Waals surface area contributed by atoms with Gasteiger partial charge in [0.25, 0.3) is 0 Å². The normalized spacial score (nSPS) is 27.3. The molecule has 0 amide bonds. The van der Waals surface area contributed by atoms with Gasteiger partial charge in [0.1, 0.15) is 17.5 Å². The molecule has 2 fully saturated rings. The standard InChI is InChI=1S/C14H23N5/c1-9-7-19(8-11(9)18(2)3)13-6-12(15)16-14(17-13)10-4-5-10/h6,9-11H,4-5,7-8H2,1-3H3,(H2,15,16,17). The maximum absolute atomic E-state index is 5.93. The van der Waals surface area contributed by atoms with Crippen molar-refractivity contribution in [1.82, 2.24) is 14.9 Å². The topological polar surface area (TPSA) is 58.3 Å². The molecule has 1 saturated heterocycles.